The molecule has 0 aromatic rings. The summed E-state index contributed by atoms with van der Waals surface area (Å²) in [6.07, 6.45) is 9.45. The molecule has 0 atom stereocenters. The lowest BCUT2D eigenvalue weighted by Crippen LogP contribution is -2.29. The van der Waals surface area contributed by atoms with Crippen molar-refractivity contribution in [1.82, 2.24) is 0 Å². The van der Waals surface area contributed by atoms with Crippen molar-refractivity contribution in [3.8, 4) is 0 Å². The van der Waals surface area contributed by atoms with Crippen LogP contribution in [-0.2, 0) is 0 Å². The van der Waals surface area contributed by atoms with Gasteiger partial charge in [-0.2, -0.15) is 0 Å². The Kier molecular flexibility index (Phi) is 3.76. The number of hydrogen-bond acceptors (Lipinski definition) is 2. The first-order valence-electron chi connectivity index (χ1n) is 4.70. The van der Waals surface area contributed by atoms with Crippen LogP contribution in [0.2, 0.25) is 0 Å². The molecule has 0 radical (unpaired) electrons. The highest BCUT2D eigenvalue weighted by molar-refractivity contribution is 4.93. The topological polar surface area (TPSA) is 40.5 Å². The van der Waals surface area contributed by atoms with Crippen LogP contribution in [-0.4, -0.2) is 23.4 Å². The van der Waals surface area contributed by atoms with Crippen LogP contribution in [0.3, 0.4) is 0 Å². The summed E-state index contributed by atoms with van der Waals surface area (Å²) in [4.78, 5) is 0. The van der Waals surface area contributed by atoms with Crippen LogP contribution >= 0.6 is 0 Å². The molecule has 0 bridgehead atoms. The number of aliphatic hydroxyl groups excluding tert-OH is 2. The molecule has 0 spiro atoms. The van der Waals surface area contributed by atoms with Crippen molar-refractivity contribution in [3.05, 3.63) is 12.2 Å². The quantitative estimate of drug-likeness (QED) is 0.616. The molecule has 0 heterocycles. The molecule has 0 aromatic heterocycles. The standard InChI is InChI=1S/C10H18O2/c11-8-10(9-12)6-4-2-1-3-5-7-10/h2,4,11-12H,1,3,5-9H2/b4-2-. The number of rotatable bonds is 2. The molecule has 0 fully saturated rings. The van der Waals surface area contributed by atoms with E-state index in [9.17, 15) is 0 Å². The predicted molar refractivity (Wildman–Crippen MR) is 48.8 cm³/mol. The molecule has 1 aliphatic rings. The Morgan fingerprint density at radius 1 is 1.08 bits per heavy atom. The van der Waals surface area contributed by atoms with Gasteiger partial charge in [-0.1, -0.05) is 18.6 Å². The van der Waals surface area contributed by atoms with Crippen LogP contribution in [0, 0.1) is 5.41 Å². The van der Waals surface area contributed by atoms with E-state index in [-0.39, 0.29) is 18.6 Å². The van der Waals surface area contributed by atoms with E-state index in [0.717, 1.165) is 25.7 Å². The van der Waals surface area contributed by atoms with Crippen LogP contribution in [0.25, 0.3) is 0 Å². The van der Waals surface area contributed by atoms with E-state index in [1.54, 1.807) is 0 Å². The van der Waals surface area contributed by atoms with Gasteiger partial charge in [0.15, 0.2) is 0 Å². The highest BCUT2D eigenvalue weighted by Gasteiger charge is 2.27. The SMILES string of the molecule is OCC1(CO)C/C=C\CCCC1. The van der Waals surface area contributed by atoms with Crippen LogP contribution < -0.4 is 0 Å². The Balaban J connectivity index is 2.58. The fraction of sp³-hybridized carbons (Fsp3) is 0.800. The normalized spacial score (nSPS) is 25.8. The van der Waals surface area contributed by atoms with Gasteiger partial charge in [-0.05, 0) is 25.7 Å². The lowest BCUT2D eigenvalue weighted by atomic mass is 9.79. The molecular formula is C10H18O2. The molecule has 0 saturated heterocycles. The van der Waals surface area contributed by atoms with E-state index < -0.39 is 0 Å². The fourth-order valence-electron chi connectivity index (χ4n) is 1.65. The van der Waals surface area contributed by atoms with E-state index in [1.807, 2.05) is 0 Å². The van der Waals surface area contributed by atoms with Gasteiger partial charge in [0.1, 0.15) is 0 Å². The smallest absolute Gasteiger partial charge is 0.0512 e. The first-order chi connectivity index (χ1) is 5.83. The highest BCUT2D eigenvalue weighted by atomic mass is 16.3. The minimum absolute atomic E-state index is 0.105. The maximum atomic E-state index is 9.16. The van der Waals surface area contributed by atoms with Gasteiger partial charge in [0, 0.05) is 5.41 Å². The summed E-state index contributed by atoms with van der Waals surface area (Å²) in [6, 6.07) is 0. The Hall–Kier alpha value is -0.340. The molecule has 2 nitrogen and oxygen atoms in total. The molecular weight excluding hydrogens is 152 g/mol. The lowest BCUT2D eigenvalue weighted by molar-refractivity contribution is 0.0465. The fourth-order valence-corrected chi connectivity index (χ4v) is 1.65. The Bertz CT molecular complexity index is 148. The average Bonchev–Trinajstić information content (AvgIpc) is 2.06. The second kappa shape index (κ2) is 4.63. The van der Waals surface area contributed by atoms with Gasteiger partial charge in [-0.3, -0.25) is 0 Å². The zero-order chi connectivity index (χ0) is 8.86. The van der Waals surface area contributed by atoms with Crippen molar-refractivity contribution in [3.63, 3.8) is 0 Å². The van der Waals surface area contributed by atoms with Gasteiger partial charge >= 0.3 is 0 Å². The van der Waals surface area contributed by atoms with E-state index >= 15 is 0 Å². The van der Waals surface area contributed by atoms with Crippen molar-refractivity contribution >= 4 is 0 Å². The maximum Gasteiger partial charge on any atom is 0.0512 e. The van der Waals surface area contributed by atoms with Crippen LogP contribution in [0.5, 0.6) is 0 Å². The molecule has 1 rings (SSSR count). The van der Waals surface area contributed by atoms with Gasteiger partial charge in [-0.15, -0.1) is 0 Å². The van der Waals surface area contributed by atoms with Gasteiger partial charge in [0.25, 0.3) is 0 Å². The summed E-state index contributed by atoms with van der Waals surface area (Å²) in [5.74, 6) is 0. The van der Waals surface area contributed by atoms with Crippen molar-refractivity contribution < 1.29 is 10.2 Å². The molecule has 0 amide bonds. The second-order valence-electron chi connectivity index (χ2n) is 3.74. The van der Waals surface area contributed by atoms with Gasteiger partial charge in [0.2, 0.25) is 0 Å². The van der Waals surface area contributed by atoms with Crippen LogP contribution in [0.4, 0.5) is 0 Å². The number of hydrogen-bond donors (Lipinski definition) is 2. The Morgan fingerprint density at radius 2 is 1.83 bits per heavy atom. The van der Waals surface area contributed by atoms with Crippen molar-refractivity contribution in [1.29, 1.82) is 0 Å². The zero-order valence-electron chi connectivity index (χ0n) is 7.50. The Morgan fingerprint density at radius 3 is 2.50 bits per heavy atom. The van der Waals surface area contributed by atoms with E-state index in [2.05, 4.69) is 12.2 Å². The Labute approximate surface area is 73.9 Å². The highest BCUT2D eigenvalue weighted by Crippen LogP contribution is 2.30. The summed E-state index contributed by atoms with van der Waals surface area (Å²) >= 11 is 0. The number of allylic oxidation sites excluding steroid dienone is 2. The average molecular weight is 170 g/mol. The molecule has 2 heteroatoms. The first-order valence-corrected chi connectivity index (χ1v) is 4.70. The first kappa shape index (κ1) is 9.75. The molecule has 2 N–H and O–H groups in total. The van der Waals surface area contributed by atoms with Crippen molar-refractivity contribution in [2.24, 2.45) is 5.41 Å². The largest absolute Gasteiger partial charge is 0.396 e. The zero-order valence-corrected chi connectivity index (χ0v) is 7.50. The minimum Gasteiger partial charge on any atom is -0.396 e. The third kappa shape index (κ3) is 2.32. The molecule has 0 aliphatic heterocycles. The summed E-state index contributed by atoms with van der Waals surface area (Å²) in [7, 11) is 0. The molecule has 0 unspecified atom stereocenters. The van der Waals surface area contributed by atoms with E-state index in [0.29, 0.717) is 0 Å². The molecule has 1 aliphatic carbocycles. The summed E-state index contributed by atoms with van der Waals surface area (Å²) < 4.78 is 0. The van der Waals surface area contributed by atoms with Crippen molar-refractivity contribution in [2.75, 3.05) is 13.2 Å². The number of aliphatic hydroxyl groups is 2. The van der Waals surface area contributed by atoms with Gasteiger partial charge < -0.3 is 10.2 Å². The minimum atomic E-state index is -0.239. The third-order valence-corrected chi connectivity index (χ3v) is 2.72. The summed E-state index contributed by atoms with van der Waals surface area (Å²) in [6.45, 7) is 0.210. The predicted octanol–water partition coefficient (Wildman–Crippen LogP) is 1.48. The lowest BCUT2D eigenvalue weighted by Gasteiger charge is -2.29. The molecule has 70 valence electrons. The third-order valence-electron chi connectivity index (χ3n) is 2.72. The van der Waals surface area contributed by atoms with Crippen LogP contribution in [0.15, 0.2) is 12.2 Å². The summed E-state index contributed by atoms with van der Waals surface area (Å²) in [5, 5.41) is 18.3. The van der Waals surface area contributed by atoms with Gasteiger partial charge in [-0.25, -0.2) is 0 Å². The monoisotopic (exact) mass is 170 g/mol. The second-order valence-corrected chi connectivity index (χ2v) is 3.74. The van der Waals surface area contributed by atoms with E-state index in [4.69, 9.17) is 10.2 Å². The summed E-state index contributed by atoms with van der Waals surface area (Å²) in [5.41, 5.74) is -0.239. The molecule has 0 aromatic carbocycles. The molecule has 0 saturated carbocycles. The van der Waals surface area contributed by atoms with Crippen LogP contribution in [0.1, 0.15) is 32.1 Å². The molecule has 12 heavy (non-hydrogen) atoms. The van der Waals surface area contributed by atoms with Crippen molar-refractivity contribution in [2.45, 2.75) is 32.1 Å². The maximum absolute atomic E-state index is 9.16. The van der Waals surface area contributed by atoms with E-state index in [1.165, 1.54) is 6.42 Å². The van der Waals surface area contributed by atoms with Gasteiger partial charge in [0.05, 0.1) is 13.2 Å².